The molecule has 30 heavy (non-hydrogen) atoms. The molecule has 1 amide bonds. The van der Waals surface area contributed by atoms with Gasteiger partial charge in [0.1, 0.15) is 5.82 Å². The fourth-order valence-corrected chi connectivity index (χ4v) is 2.86. The number of esters is 1. The number of carbonyl (C=O) groups is 2. The maximum absolute atomic E-state index is 13.7. The minimum atomic E-state index is -0.864. The van der Waals surface area contributed by atoms with Crippen LogP contribution >= 0.6 is 15.9 Å². The molecule has 1 N–H and O–H groups in total. The van der Waals surface area contributed by atoms with Crippen LogP contribution in [0.15, 0.2) is 34.8 Å². The zero-order valence-corrected chi connectivity index (χ0v) is 17.7. The number of non-ortho nitro benzene ring substituents is 1. The third-order valence-electron chi connectivity index (χ3n) is 3.68. The van der Waals surface area contributed by atoms with Crippen molar-refractivity contribution in [3.8, 4) is 11.5 Å². The largest absolute Gasteiger partial charge is 0.493 e. The van der Waals surface area contributed by atoms with Crippen molar-refractivity contribution in [2.75, 3.05) is 25.6 Å². The highest BCUT2D eigenvalue weighted by Crippen LogP contribution is 2.37. The Morgan fingerprint density at radius 1 is 1.27 bits per heavy atom. The maximum Gasteiger partial charge on any atom is 0.338 e. The summed E-state index contributed by atoms with van der Waals surface area (Å²) < 4.78 is 29.9. The van der Waals surface area contributed by atoms with Crippen molar-refractivity contribution in [1.29, 1.82) is 0 Å². The van der Waals surface area contributed by atoms with Gasteiger partial charge < -0.3 is 19.5 Å². The summed E-state index contributed by atoms with van der Waals surface area (Å²) in [7, 11) is 1.41. The van der Waals surface area contributed by atoms with E-state index >= 15 is 0 Å². The summed E-state index contributed by atoms with van der Waals surface area (Å²) in [4.78, 5) is 34.3. The molecular weight excluding hydrogens is 467 g/mol. The van der Waals surface area contributed by atoms with Gasteiger partial charge in [-0.15, -0.1) is 0 Å². The van der Waals surface area contributed by atoms with Crippen LogP contribution in [0.25, 0.3) is 0 Å². The summed E-state index contributed by atoms with van der Waals surface area (Å²) in [5, 5.41) is 12.9. The maximum atomic E-state index is 13.7. The van der Waals surface area contributed by atoms with Crippen LogP contribution in [-0.2, 0) is 9.53 Å². The Kier molecular flexibility index (Phi) is 8.10. The number of hydrogen-bond donors (Lipinski definition) is 1. The van der Waals surface area contributed by atoms with E-state index in [1.54, 1.807) is 0 Å². The Bertz CT molecular complexity index is 968. The van der Waals surface area contributed by atoms with Gasteiger partial charge in [-0.05, 0) is 40.5 Å². The van der Waals surface area contributed by atoms with Crippen LogP contribution in [-0.4, -0.2) is 37.1 Å². The predicted molar refractivity (Wildman–Crippen MR) is 108 cm³/mol. The van der Waals surface area contributed by atoms with E-state index in [1.807, 2.05) is 6.92 Å². The van der Waals surface area contributed by atoms with Crippen LogP contribution in [0.3, 0.4) is 0 Å². The van der Waals surface area contributed by atoms with Crippen molar-refractivity contribution in [1.82, 2.24) is 0 Å². The van der Waals surface area contributed by atoms with Crippen LogP contribution in [0, 0.1) is 15.9 Å². The molecule has 160 valence electrons. The van der Waals surface area contributed by atoms with Crippen molar-refractivity contribution in [3.63, 3.8) is 0 Å². The number of anilines is 1. The summed E-state index contributed by atoms with van der Waals surface area (Å²) in [6.45, 7) is 1.67. The summed E-state index contributed by atoms with van der Waals surface area (Å²) in [5.41, 5.74) is -0.699. The third kappa shape index (κ3) is 5.89. The second-order valence-corrected chi connectivity index (χ2v) is 6.74. The molecule has 0 radical (unpaired) electrons. The normalized spacial score (nSPS) is 10.3. The molecule has 0 bridgehead atoms. The van der Waals surface area contributed by atoms with Gasteiger partial charge in [-0.1, -0.05) is 6.92 Å². The number of hydrogen-bond acceptors (Lipinski definition) is 7. The summed E-state index contributed by atoms with van der Waals surface area (Å²) >= 11 is 3.30. The summed E-state index contributed by atoms with van der Waals surface area (Å²) in [6, 6.07) is 5.53. The van der Waals surface area contributed by atoms with E-state index < -0.39 is 40.6 Å². The number of halogens is 2. The van der Waals surface area contributed by atoms with Crippen molar-refractivity contribution in [3.05, 3.63) is 56.3 Å². The number of rotatable bonds is 9. The molecule has 0 fully saturated rings. The number of methoxy groups -OCH3 is 1. The molecular formula is C19H18BrFN2O7. The van der Waals surface area contributed by atoms with Crippen molar-refractivity contribution >= 4 is 39.2 Å². The Morgan fingerprint density at radius 2 is 2.00 bits per heavy atom. The Labute approximate surface area is 179 Å². The number of benzene rings is 2. The van der Waals surface area contributed by atoms with Crippen LogP contribution in [0.5, 0.6) is 11.5 Å². The minimum Gasteiger partial charge on any atom is -0.493 e. The second-order valence-electron chi connectivity index (χ2n) is 5.88. The molecule has 11 heteroatoms. The topological polar surface area (TPSA) is 117 Å². The van der Waals surface area contributed by atoms with Gasteiger partial charge >= 0.3 is 5.97 Å². The predicted octanol–water partition coefficient (Wildman–Crippen LogP) is 4.09. The SMILES string of the molecule is CCCOc1c(Br)cc(C(=O)OCC(=O)Nc2cc([N+](=O)[O-])ccc2F)cc1OC. The summed E-state index contributed by atoms with van der Waals surface area (Å²) in [5.74, 6) is -1.83. The van der Waals surface area contributed by atoms with Crippen molar-refractivity contribution < 1.29 is 33.1 Å². The fraction of sp³-hybridized carbons (Fsp3) is 0.263. The van der Waals surface area contributed by atoms with Crippen LogP contribution in [0.1, 0.15) is 23.7 Å². The highest BCUT2D eigenvalue weighted by atomic mass is 79.9. The number of ether oxygens (including phenoxy) is 3. The molecule has 0 unspecified atom stereocenters. The van der Waals surface area contributed by atoms with Crippen molar-refractivity contribution in [2.45, 2.75) is 13.3 Å². The molecule has 2 aromatic rings. The number of nitrogens with one attached hydrogen (secondary N) is 1. The lowest BCUT2D eigenvalue weighted by atomic mass is 10.2. The first-order valence-corrected chi connectivity index (χ1v) is 9.47. The molecule has 0 saturated carbocycles. The minimum absolute atomic E-state index is 0.0944. The van der Waals surface area contributed by atoms with E-state index in [2.05, 4.69) is 21.2 Å². The van der Waals surface area contributed by atoms with E-state index in [9.17, 15) is 24.1 Å². The average Bonchev–Trinajstić information content (AvgIpc) is 2.71. The Morgan fingerprint density at radius 3 is 2.63 bits per heavy atom. The van der Waals surface area contributed by atoms with Gasteiger partial charge in [-0.25, -0.2) is 9.18 Å². The van der Waals surface area contributed by atoms with Gasteiger partial charge in [-0.2, -0.15) is 0 Å². The van der Waals surface area contributed by atoms with E-state index in [0.29, 0.717) is 22.6 Å². The molecule has 9 nitrogen and oxygen atoms in total. The number of nitrogens with zero attached hydrogens (tertiary/aromatic N) is 1. The Balaban J connectivity index is 2.05. The molecule has 0 aliphatic carbocycles. The molecule has 0 aliphatic rings. The molecule has 2 aromatic carbocycles. The highest BCUT2D eigenvalue weighted by Gasteiger charge is 2.18. The van der Waals surface area contributed by atoms with Gasteiger partial charge in [-0.3, -0.25) is 14.9 Å². The monoisotopic (exact) mass is 484 g/mol. The molecule has 0 aromatic heterocycles. The smallest absolute Gasteiger partial charge is 0.338 e. The molecule has 2 rings (SSSR count). The van der Waals surface area contributed by atoms with Gasteiger partial charge in [0, 0.05) is 12.1 Å². The molecule has 0 saturated heterocycles. The first-order valence-electron chi connectivity index (χ1n) is 8.68. The lowest BCUT2D eigenvalue weighted by Gasteiger charge is -2.13. The van der Waals surface area contributed by atoms with Crippen LogP contribution in [0.4, 0.5) is 15.8 Å². The highest BCUT2D eigenvalue weighted by molar-refractivity contribution is 9.10. The average molecular weight is 485 g/mol. The molecule has 0 spiro atoms. The zero-order chi connectivity index (χ0) is 22.3. The zero-order valence-electron chi connectivity index (χ0n) is 16.1. The quantitative estimate of drug-likeness (QED) is 0.323. The standard InChI is InChI=1S/C19H18BrFN2O7/c1-3-6-29-18-13(20)7-11(8-16(18)28-2)19(25)30-10-17(24)22-15-9-12(23(26)27)4-5-14(15)21/h4-5,7-9H,3,6,10H2,1-2H3,(H,22,24). The van der Waals surface area contributed by atoms with E-state index in [0.717, 1.165) is 24.6 Å². The lowest BCUT2D eigenvalue weighted by molar-refractivity contribution is -0.384. The van der Waals surface area contributed by atoms with Gasteiger partial charge in [0.2, 0.25) is 0 Å². The van der Waals surface area contributed by atoms with Crippen molar-refractivity contribution in [2.24, 2.45) is 0 Å². The summed E-state index contributed by atoms with van der Waals surface area (Å²) in [6.07, 6.45) is 0.777. The lowest BCUT2D eigenvalue weighted by Crippen LogP contribution is -2.21. The number of carbonyl (C=O) groups excluding carboxylic acids is 2. The Hall–Kier alpha value is -3.21. The molecule has 0 atom stereocenters. The second kappa shape index (κ2) is 10.5. The van der Waals surface area contributed by atoms with E-state index in [4.69, 9.17) is 14.2 Å². The van der Waals surface area contributed by atoms with E-state index in [1.165, 1.54) is 19.2 Å². The first-order chi connectivity index (χ1) is 14.3. The molecule has 0 aliphatic heterocycles. The van der Waals surface area contributed by atoms with Crippen LogP contribution < -0.4 is 14.8 Å². The van der Waals surface area contributed by atoms with E-state index in [-0.39, 0.29) is 5.56 Å². The first kappa shape index (κ1) is 23.1. The fourth-order valence-electron chi connectivity index (χ4n) is 2.31. The number of amides is 1. The van der Waals surface area contributed by atoms with Gasteiger partial charge in [0.25, 0.3) is 11.6 Å². The van der Waals surface area contributed by atoms with Gasteiger partial charge in [0.15, 0.2) is 18.1 Å². The van der Waals surface area contributed by atoms with Gasteiger partial charge in [0.05, 0.1) is 34.4 Å². The third-order valence-corrected chi connectivity index (χ3v) is 4.27. The number of nitro groups is 1. The molecule has 0 heterocycles. The number of nitro benzene ring substituents is 1. The van der Waals surface area contributed by atoms with Crippen LogP contribution in [0.2, 0.25) is 0 Å².